The van der Waals surface area contributed by atoms with E-state index in [-0.39, 0.29) is 23.8 Å². The van der Waals surface area contributed by atoms with Crippen LogP contribution in [0.5, 0.6) is 0 Å². The van der Waals surface area contributed by atoms with E-state index in [4.69, 9.17) is 9.57 Å². The molecule has 4 heterocycles. The fourth-order valence-corrected chi connectivity index (χ4v) is 3.85. The van der Waals surface area contributed by atoms with Gasteiger partial charge in [-0.25, -0.2) is 5.06 Å². The molecule has 3 aliphatic heterocycles. The zero-order chi connectivity index (χ0) is 15.6. The molecule has 0 N–H and O–H groups in total. The largest absolute Gasteiger partial charge is 0.376 e. The number of pyridine rings is 1. The van der Waals surface area contributed by atoms with Gasteiger partial charge in [0.2, 0.25) is 0 Å². The van der Waals surface area contributed by atoms with E-state index in [1.807, 2.05) is 24.4 Å². The predicted molar refractivity (Wildman–Crippen MR) is 83.1 cm³/mol. The lowest BCUT2D eigenvalue weighted by Gasteiger charge is -2.29. The third-order valence-corrected chi connectivity index (χ3v) is 5.07. The normalized spacial score (nSPS) is 31.3. The van der Waals surface area contributed by atoms with Gasteiger partial charge >= 0.3 is 0 Å². The van der Waals surface area contributed by atoms with Crippen molar-refractivity contribution in [2.24, 2.45) is 11.8 Å². The minimum absolute atomic E-state index is 0.0631. The van der Waals surface area contributed by atoms with Crippen LogP contribution in [0.2, 0.25) is 0 Å². The fourth-order valence-electron chi connectivity index (χ4n) is 3.85. The molecule has 3 fully saturated rings. The molecule has 0 aliphatic carbocycles. The van der Waals surface area contributed by atoms with E-state index in [0.29, 0.717) is 19.8 Å². The number of amides is 1. The maximum absolute atomic E-state index is 12.7. The van der Waals surface area contributed by atoms with Gasteiger partial charge in [-0.3, -0.25) is 19.5 Å². The van der Waals surface area contributed by atoms with Crippen LogP contribution in [0.1, 0.15) is 18.5 Å². The zero-order valence-electron chi connectivity index (χ0n) is 13.3. The highest BCUT2D eigenvalue weighted by atomic mass is 16.7. The molecule has 3 aliphatic rings. The molecule has 4 rings (SSSR count). The van der Waals surface area contributed by atoms with Crippen LogP contribution in [0.3, 0.4) is 0 Å². The average Bonchev–Trinajstić information content (AvgIpc) is 3.16. The van der Waals surface area contributed by atoms with Crippen LogP contribution in [0.25, 0.3) is 0 Å². The third-order valence-electron chi connectivity index (χ3n) is 5.07. The quantitative estimate of drug-likeness (QED) is 0.835. The van der Waals surface area contributed by atoms with Crippen molar-refractivity contribution in [2.45, 2.75) is 25.5 Å². The molecule has 6 nitrogen and oxygen atoms in total. The Hall–Kier alpha value is -1.50. The smallest absolute Gasteiger partial charge is 0.251 e. The van der Waals surface area contributed by atoms with Gasteiger partial charge in [-0.2, -0.15) is 0 Å². The second kappa shape index (κ2) is 6.55. The second-order valence-corrected chi connectivity index (χ2v) is 6.64. The minimum Gasteiger partial charge on any atom is -0.376 e. The van der Waals surface area contributed by atoms with Crippen LogP contribution in [0.4, 0.5) is 0 Å². The molecular weight excluding hydrogens is 294 g/mol. The number of hydrogen-bond donors (Lipinski definition) is 0. The average molecular weight is 317 g/mol. The number of hydrogen-bond acceptors (Lipinski definition) is 5. The van der Waals surface area contributed by atoms with Gasteiger partial charge in [0.1, 0.15) is 0 Å². The van der Waals surface area contributed by atoms with Crippen molar-refractivity contribution in [3.63, 3.8) is 0 Å². The topological polar surface area (TPSA) is 54.9 Å². The molecule has 0 bridgehead atoms. The molecule has 23 heavy (non-hydrogen) atoms. The Labute approximate surface area is 136 Å². The van der Waals surface area contributed by atoms with Gasteiger partial charge < -0.3 is 4.74 Å². The Kier molecular flexibility index (Phi) is 4.29. The highest BCUT2D eigenvalue weighted by Gasteiger charge is 2.48. The summed E-state index contributed by atoms with van der Waals surface area (Å²) in [6.07, 6.45) is 4.05. The number of nitrogens with zero attached hydrogens (tertiary/aromatic N) is 3. The Morgan fingerprint density at radius 3 is 3.04 bits per heavy atom. The van der Waals surface area contributed by atoms with E-state index in [1.54, 1.807) is 5.06 Å². The van der Waals surface area contributed by atoms with Crippen molar-refractivity contribution in [3.8, 4) is 0 Å². The number of fused-ring (bicyclic) bond motifs is 1. The molecule has 1 aromatic heterocycles. The first kappa shape index (κ1) is 15.1. The highest BCUT2D eigenvalue weighted by Crippen LogP contribution is 2.35. The number of carbonyl (C=O) groups excluding carboxylic acids is 1. The Morgan fingerprint density at radius 1 is 1.30 bits per heavy atom. The summed E-state index contributed by atoms with van der Waals surface area (Å²) in [6, 6.07) is 5.98. The van der Waals surface area contributed by atoms with Crippen LogP contribution >= 0.6 is 0 Å². The SMILES string of the molecule is O=C([C@@H]1CO[C@H]2CN(Cc3ccccn3)C[C@H]21)N1CCCCO1. The summed E-state index contributed by atoms with van der Waals surface area (Å²) in [6.45, 7) is 4.49. The lowest BCUT2D eigenvalue weighted by molar-refractivity contribution is -0.202. The summed E-state index contributed by atoms with van der Waals surface area (Å²) >= 11 is 0. The molecule has 0 saturated carbocycles. The van der Waals surface area contributed by atoms with Crippen LogP contribution < -0.4 is 0 Å². The first-order valence-electron chi connectivity index (χ1n) is 8.49. The summed E-state index contributed by atoms with van der Waals surface area (Å²) in [7, 11) is 0. The summed E-state index contributed by atoms with van der Waals surface area (Å²) < 4.78 is 5.90. The number of rotatable bonds is 3. The summed E-state index contributed by atoms with van der Waals surface area (Å²) in [5.41, 5.74) is 1.06. The molecule has 3 atom stereocenters. The van der Waals surface area contributed by atoms with Crippen LogP contribution in [0, 0.1) is 11.8 Å². The summed E-state index contributed by atoms with van der Waals surface area (Å²) in [5.74, 6) is 0.320. The maximum Gasteiger partial charge on any atom is 0.251 e. The molecule has 0 unspecified atom stereocenters. The van der Waals surface area contributed by atoms with E-state index in [0.717, 1.165) is 38.2 Å². The molecule has 1 amide bonds. The number of hydroxylamine groups is 2. The Balaban J connectivity index is 1.38. The Morgan fingerprint density at radius 2 is 2.26 bits per heavy atom. The van der Waals surface area contributed by atoms with Gasteiger partial charge in [-0.15, -0.1) is 0 Å². The van der Waals surface area contributed by atoms with Crippen LogP contribution in [-0.2, 0) is 20.9 Å². The van der Waals surface area contributed by atoms with Gasteiger partial charge in [-0.1, -0.05) is 6.07 Å². The number of carbonyl (C=O) groups is 1. The fraction of sp³-hybridized carbons (Fsp3) is 0.647. The van der Waals surface area contributed by atoms with Gasteiger partial charge in [0.05, 0.1) is 30.9 Å². The molecule has 124 valence electrons. The molecular formula is C17H23N3O3. The Bertz CT molecular complexity index is 547. The lowest BCUT2D eigenvalue weighted by atomic mass is 9.92. The first-order chi connectivity index (χ1) is 11.3. The third kappa shape index (κ3) is 3.11. The van der Waals surface area contributed by atoms with Crippen molar-refractivity contribution in [1.82, 2.24) is 14.9 Å². The number of aromatic nitrogens is 1. The van der Waals surface area contributed by atoms with E-state index in [2.05, 4.69) is 9.88 Å². The molecule has 0 aromatic carbocycles. The minimum atomic E-state index is -0.0631. The van der Waals surface area contributed by atoms with E-state index >= 15 is 0 Å². The first-order valence-corrected chi connectivity index (χ1v) is 8.49. The molecule has 0 spiro atoms. The van der Waals surface area contributed by atoms with E-state index < -0.39 is 0 Å². The molecule has 3 saturated heterocycles. The highest BCUT2D eigenvalue weighted by molar-refractivity contribution is 5.78. The summed E-state index contributed by atoms with van der Waals surface area (Å²) in [5, 5.41) is 1.57. The lowest BCUT2D eigenvalue weighted by Crippen LogP contribution is -2.42. The maximum atomic E-state index is 12.7. The standard InChI is InChI=1S/C17H23N3O3/c21-17(20-7-3-4-8-23-20)15-12-22-16-11-19(10-14(15)16)9-13-5-1-2-6-18-13/h1-2,5-6,14-16H,3-4,7-12H2/t14-,15+,16-/m0/s1. The van der Waals surface area contributed by atoms with E-state index in [9.17, 15) is 4.79 Å². The van der Waals surface area contributed by atoms with Crippen molar-refractivity contribution in [1.29, 1.82) is 0 Å². The zero-order valence-corrected chi connectivity index (χ0v) is 13.3. The number of likely N-dealkylation sites (tertiary alicyclic amines) is 1. The number of ether oxygens (including phenoxy) is 1. The monoisotopic (exact) mass is 317 g/mol. The second-order valence-electron chi connectivity index (χ2n) is 6.64. The van der Waals surface area contributed by atoms with Gasteiger partial charge in [0.15, 0.2) is 0 Å². The van der Waals surface area contributed by atoms with E-state index in [1.165, 1.54) is 0 Å². The predicted octanol–water partition coefficient (Wildman–Crippen LogP) is 1.08. The molecule has 6 heteroatoms. The van der Waals surface area contributed by atoms with Gasteiger partial charge in [0.25, 0.3) is 5.91 Å². The molecule has 1 aromatic rings. The van der Waals surface area contributed by atoms with Crippen LogP contribution in [-0.4, -0.2) is 59.8 Å². The van der Waals surface area contributed by atoms with Gasteiger partial charge in [-0.05, 0) is 25.0 Å². The van der Waals surface area contributed by atoms with Crippen molar-refractivity contribution in [3.05, 3.63) is 30.1 Å². The molecule has 0 radical (unpaired) electrons. The van der Waals surface area contributed by atoms with Crippen molar-refractivity contribution >= 4 is 5.91 Å². The summed E-state index contributed by atoms with van der Waals surface area (Å²) in [4.78, 5) is 25.0. The van der Waals surface area contributed by atoms with Crippen molar-refractivity contribution in [2.75, 3.05) is 32.8 Å². The van der Waals surface area contributed by atoms with Crippen LogP contribution in [0.15, 0.2) is 24.4 Å². The van der Waals surface area contributed by atoms with Crippen molar-refractivity contribution < 1.29 is 14.4 Å². The van der Waals surface area contributed by atoms with Gasteiger partial charge in [0, 0.05) is 38.3 Å².